The third kappa shape index (κ3) is 4.16. The van der Waals surface area contributed by atoms with Crippen LogP contribution in [0.2, 0.25) is 0 Å². The van der Waals surface area contributed by atoms with Crippen molar-refractivity contribution in [3.05, 3.63) is 69.7 Å². The van der Waals surface area contributed by atoms with E-state index in [1.165, 1.54) is 16.7 Å². The van der Waals surface area contributed by atoms with Crippen LogP contribution in [0.15, 0.2) is 53.0 Å². The molecule has 0 saturated heterocycles. The zero-order valence-electron chi connectivity index (χ0n) is 12.7. The lowest BCUT2D eigenvalue weighted by atomic mass is 10.0. The van der Waals surface area contributed by atoms with E-state index in [0.29, 0.717) is 6.54 Å². The van der Waals surface area contributed by atoms with Gasteiger partial charge in [-0.2, -0.15) is 0 Å². The van der Waals surface area contributed by atoms with Crippen molar-refractivity contribution in [3.8, 4) is 0 Å². The number of halogens is 1. The fraction of sp³-hybridized carbons (Fsp3) is 0.333. The molecule has 3 heteroatoms. The molecule has 0 aliphatic heterocycles. The van der Waals surface area contributed by atoms with Crippen LogP contribution in [-0.2, 0) is 6.54 Å². The van der Waals surface area contributed by atoms with Gasteiger partial charge in [0.25, 0.3) is 0 Å². The number of nitrogens with two attached hydrogens (primary N) is 1. The highest BCUT2D eigenvalue weighted by molar-refractivity contribution is 9.10. The minimum Gasteiger partial charge on any atom is -0.329 e. The highest BCUT2D eigenvalue weighted by Crippen LogP contribution is 2.26. The van der Waals surface area contributed by atoms with Gasteiger partial charge < -0.3 is 5.73 Å². The van der Waals surface area contributed by atoms with Crippen molar-refractivity contribution in [1.82, 2.24) is 4.90 Å². The summed E-state index contributed by atoms with van der Waals surface area (Å²) in [5.74, 6) is 0. The fourth-order valence-electron chi connectivity index (χ4n) is 2.57. The Morgan fingerprint density at radius 1 is 1.14 bits per heavy atom. The monoisotopic (exact) mass is 346 g/mol. The summed E-state index contributed by atoms with van der Waals surface area (Å²) in [4.78, 5) is 2.42. The molecule has 0 radical (unpaired) electrons. The summed E-state index contributed by atoms with van der Waals surface area (Å²) in [6.45, 7) is 6.81. The normalized spacial score (nSPS) is 12.6. The molecule has 0 aliphatic carbocycles. The molecule has 21 heavy (non-hydrogen) atoms. The number of aryl methyl sites for hydroxylation is 1. The zero-order valence-corrected chi connectivity index (χ0v) is 14.3. The maximum atomic E-state index is 6.07. The van der Waals surface area contributed by atoms with Crippen LogP contribution < -0.4 is 5.73 Å². The van der Waals surface area contributed by atoms with Crippen molar-refractivity contribution in [2.45, 2.75) is 26.4 Å². The Balaban J connectivity index is 2.22. The van der Waals surface area contributed by atoms with Crippen molar-refractivity contribution in [2.75, 3.05) is 13.1 Å². The van der Waals surface area contributed by atoms with E-state index >= 15 is 0 Å². The second kappa shape index (κ2) is 7.74. The maximum Gasteiger partial charge on any atom is 0.0474 e. The van der Waals surface area contributed by atoms with Gasteiger partial charge in [-0.15, -0.1) is 0 Å². The average molecular weight is 347 g/mol. The van der Waals surface area contributed by atoms with E-state index in [9.17, 15) is 0 Å². The van der Waals surface area contributed by atoms with Gasteiger partial charge in [0.2, 0.25) is 0 Å². The molecule has 0 spiro atoms. The lowest BCUT2D eigenvalue weighted by Gasteiger charge is -2.30. The van der Waals surface area contributed by atoms with Gasteiger partial charge in [-0.1, -0.05) is 65.3 Å². The van der Waals surface area contributed by atoms with Crippen molar-refractivity contribution in [2.24, 2.45) is 5.73 Å². The fourth-order valence-corrected chi connectivity index (χ4v) is 2.97. The van der Waals surface area contributed by atoms with Gasteiger partial charge in [0.05, 0.1) is 0 Å². The van der Waals surface area contributed by atoms with E-state index in [-0.39, 0.29) is 6.04 Å². The first kappa shape index (κ1) is 16.2. The Morgan fingerprint density at radius 2 is 1.86 bits per heavy atom. The first-order valence-electron chi connectivity index (χ1n) is 7.39. The quantitative estimate of drug-likeness (QED) is 0.845. The molecule has 2 aromatic rings. The highest BCUT2D eigenvalue weighted by atomic mass is 79.9. The molecule has 112 valence electrons. The third-order valence-corrected chi connectivity index (χ3v) is 4.73. The molecule has 2 rings (SSSR count). The molecule has 0 aliphatic rings. The highest BCUT2D eigenvalue weighted by Gasteiger charge is 2.18. The minimum absolute atomic E-state index is 0.243. The summed E-state index contributed by atoms with van der Waals surface area (Å²) < 4.78 is 1.15. The molecule has 1 unspecified atom stereocenters. The van der Waals surface area contributed by atoms with Gasteiger partial charge in [0, 0.05) is 23.6 Å². The van der Waals surface area contributed by atoms with Crippen LogP contribution in [0.5, 0.6) is 0 Å². The molecule has 0 amide bonds. The standard InChI is InChI=1S/C18H23BrN2/c1-3-21(13-15-7-5-4-6-8-15)18(12-20)16-10-9-14(2)17(19)11-16/h4-11,18H,3,12-13,20H2,1-2H3. The molecular weight excluding hydrogens is 324 g/mol. The summed E-state index contributed by atoms with van der Waals surface area (Å²) >= 11 is 3.62. The van der Waals surface area contributed by atoms with E-state index in [2.05, 4.69) is 83.2 Å². The number of benzene rings is 2. The number of nitrogens with zero attached hydrogens (tertiary/aromatic N) is 1. The van der Waals surface area contributed by atoms with Crippen LogP contribution in [0.3, 0.4) is 0 Å². The molecule has 0 heterocycles. The van der Waals surface area contributed by atoms with Gasteiger partial charge in [-0.25, -0.2) is 0 Å². The smallest absolute Gasteiger partial charge is 0.0474 e. The molecule has 2 aromatic carbocycles. The number of hydrogen-bond donors (Lipinski definition) is 1. The van der Waals surface area contributed by atoms with E-state index in [4.69, 9.17) is 5.73 Å². The Hall–Kier alpha value is -1.16. The Labute approximate surface area is 136 Å². The molecule has 2 N–H and O–H groups in total. The predicted octanol–water partition coefficient (Wildman–Crippen LogP) is 4.28. The summed E-state index contributed by atoms with van der Waals surface area (Å²) in [5, 5.41) is 0. The first-order valence-corrected chi connectivity index (χ1v) is 8.19. The summed E-state index contributed by atoms with van der Waals surface area (Å²) in [5.41, 5.74) is 9.91. The SMILES string of the molecule is CCN(Cc1ccccc1)C(CN)c1ccc(C)c(Br)c1. The average Bonchev–Trinajstić information content (AvgIpc) is 2.51. The number of rotatable bonds is 6. The Bertz CT molecular complexity index is 569. The molecule has 1 atom stereocenters. The minimum atomic E-state index is 0.243. The predicted molar refractivity (Wildman–Crippen MR) is 93.2 cm³/mol. The number of likely N-dealkylation sites (N-methyl/N-ethyl adjacent to an activating group) is 1. The van der Waals surface area contributed by atoms with Crippen LogP contribution >= 0.6 is 15.9 Å². The molecule has 0 bridgehead atoms. The second-order valence-corrected chi connectivity index (χ2v) is 6.16. The van der Waals surface area contributed by atoms with E-state index in [1.807, 2.05) is 0 Å². The Morgan fingerprint density at radius 3 is 2.43 bits per heavy atom. The van der Waals surface area contributed by atoms with Crippen molar-refractivity contribution < 1.29 is 0 Å². The summed E-state index contributed by atoms with van der Waals surface area (Å²) in [6, 6.07) is 17.3. The van der Waals surface area contributed by atoms with E-state index in [1.54, 1.807) is 0 Å². The number of hydrogen-bond acceptors (Lipinski definition) is 2. The summed E-state index contributed by atoms with van der Waals surface area (Å²) in [6.07, 6.45) is 0. The summed E-state index contributed by atoms with van der Waals surface area (Å²) in [7, 11) is 0. The molecule has 0 aromatic heterocycles. The zero-order chi connectivity index (χ0) is 15.2. The van der Waals surface area contributed by atoms with Crippen LogP contribution in [0, 0.1) is 6.92 Å². The van der Waals surface area contributed by atoms with Crippen LogP contribution in [-0.4, -0.2) is 18.0 Å². The lowest BCUT2D eigenvalue weighted by Crippen LogP contribution is -2.33. The molecular formula is C18H23BrN2. The van der Waals surface area contributed by atoms with Crippen molar-refractivity contribution in [1.29, 1.82) is 0 Å². The van der Waals surface area contributed by atoms with Crippen molar-refractivity contribution in [3.63, 3.8) is 0 Å². The van der Waals surface area contributed by atoms with Gasteiger partial charge >= 0.3 is 0 Å². The Kier molecular flexibility index (Phi) is 5.97. The van der Waals surface area contributed by atoms with Gasteiger partial charge in [-0.05, 0) is 36.2 Å². The first-order chi connectivity index (χ1) is 10.2. The lowest BCUT2D eigenvalue weighted by molar-refractivity contribution is 0.203. The topological polar surface area (TPSA) is 29.3 Å². The van der Waals surface area contributed by atoms with Crippen LogP contribution in [0.1, 0.15) is 29.7 Å². The van der Waals surface area contributed by atoms with Gasteiger partial charge in [0.15, 0.2) is 0 Å². The van der Waals surface area contributed by atoms with Crippen LogP contribution in [0.25, 0.3) is 0 Å². The van der Waals surface area contributed by atoms with E-state index < -0.39 is 0 Å². The van der Waals surface area contributed by atoms with Crippen molar-refractivity contribution >= 4 is 15.9 Å². The van der Waals surface area contributed by atoms with E-state index in [0.717, 1.165) is 17.6 Å². The molecule has 0 fully saturated rings. The molecule has 2 nitrogen and oxygen atoms in total. The molecule has 0 saturated carbocycles. The van der Waals surface area contributed by atoms with Gasteiger partial charge in [-0.3, -0.25) is 4.90 Å². The largest absolute Gasteiger partial charge is 0.329 e. The third-order valence-electron chi connectivity index (χ3n) is 3.88. The van der Waals surface area contributed by atoms with Gasteiger partial charge in [0.1, 0.15) is 0 Å². The second-order valence-electron chi connectivity index (χ2n) is 5.31. The van der Waals surface area contributed by atoms with Crippen LogP contribution in [0.4, 0.5) is 0 Å². The maximum absolute atomic E-state index is 6.07.